The third-order valence-electron chi connectivity index (χ3n) is 6.07. The number of rotatable bonds is 4. The first-order valence-corrected chi connectivity index (χ1v) is 9.17. The van der Waals surface area contributed by atoms with Crippen molar-refractivity contribution in [2.75, 3.05) is 0 Å². The Kier molecular flexibility index (Phi) is 6.58. The Morgan fingerprint density at radius 3 is 2.36 bits per heavy atom. The van der Waals surface area contributed by atoms with Crippen LogP contribution in [-0.4, -0.2) is 24.0 Å². The van der Waals surface area contributed by atoms with Gasteiger partial charge in [0.1, 0.15) is 0 Å². The summed E-state index contributed by atoms with van der Waals surface area (Å²) in [7, 11) is 0. The van der Waals surface area contributed by atoms with Crippen LogP contribution in [0.25, 0.3) is 0 Å². The zero-order chi connectivity index (χ0) is 14.8. The van der Waals surface area contributed by atoms with E-state index in [1.165, 1.54) is 51.4 Å². The van der Waals surface area contributed by atoms with E-state index in [9.17, 15) is 4.79 Å². The molecule has 1 amide bonds. The van der Waals surface area contributed by atoms with Gasteiger partial charge in [-0.1, -0.05) is 26.7 Å². The molecule has 0 aromatic rings. The number of hydrogen-bond donors (Lipinski definition) is 2. The van der Waals surface area contributed by atoms with Crippen molar-refractivity contribution in [3.63, 3.8) is 0 Å². The normalized spacial score (nSPS) is 37.7. The molecule has 2 N–H and O–H groups in total. The van der Waals surface area contributed by atoms with Gasteiger partial charge >= 0.3 is 0 Å². The smallest absolute Gasteiger partial charge is 0.220 e. The summed E-state index contributed by atoms with van der Waals surface area (Å²) in [4.78, 5) is 12.4. The van der Waals surface area contributed by atoms with Crippen LogP contribution >= 0.6 is 12.4 Å². The maximum absolute atomic E-state index is 12.4. The fraction of sp³-hybridized carbons (Fsp3) is 0.944. The van der Waals surface area contributed by atoms with Gasteiger partial charge in [0.2, 0.25) is 5.91 Å². The van der Waals surface area contributed by atoms with Gasteiger partial charge in [0.15, 0.2) is 0 Å². The van der Waals surface area contributed by atoms with Crippen LogP contribution in [0.4, 0.5) is 0 Å². The maximum atomic E-state index is 12.4. The van der Waals surface area contributed by atoms with Gasteiger partial charge in [0, 0.05) is 24.5 Å². The molecule has 2 aliphatic heterocycles. The first-order valence-electron chi connectivity index (χ1n) is 9.17. The van der Waals surface area contributed by atoms with E-state index in [1.807, 2.05) is 0 Å². The van der Waals surface area contributed by atoms with Crippen molar-refractivity contribution in [2.45, 2.75) is 89.8 Å². The number of carbonyl (C=O) groups excluding carboxylic acids is 1. The Balaban J connectivity index is 0.00000176. The quantitative estimate of drug-likeness (QED) is 0.827. The third-order valence-corrected chi connectivity index (χ3v) is 6.07. The first-order chi connectivity index (χ1) is 10.1. The molecule has 3 nitrogen and oxygen atoms in total. The second-order valence-electron chi connectivity index (χ2n) is 8.05. The molecule has 2 heterocycles. The first kappa shape index (κ1) is 18.1. The maximum Gasteiger partial charge on any atom is 0.220 e. The van der Waals surface area contributed by atoms with Crippen molar-refractivity contribution >= 4 is 18.3 Å². The van der Waals surface area contributed by atoms with Gasteiger partial charge in [0.25, 0.3) is 0 Å². The summed E-state index contributed by atoms with van der Waals surface area (Å²) in [5, 5.41) is 7.05. The number of amides is 1. The summed E-state index contributed by atoms with van der Waals surface area (Å²) in [6.07, 6.45) is 10.9. The van der Waals surface area contributed by atoms with E-state index in [2.05, 4.69) is 24.5 Å². The molecule has 0 spiro atoms. The molecule has 4 heteroatoms. The van der Waals surface area contributed by atoms with Crippen molar-refractivity contribution in [1.29, 1.82) is 0 Å². The Hall–Kier alpha value is -0.280. The molecule has 0 radical (unpaired) electrons. The van der Waals surface area contributed by atoms with Crippen molar-refractivity contribution in [3.8, 4) is 0 Å². The van der Waals surface area contributed by atoms with E-state index in [1.54, 1.807) is 0 Å². The number of nitrogens with one attached hydrogen (secondary N) is 2. The fourth-order valence-corrected chi connectivity index (χ4v) is 5.01. The molecule has 2 bridgehead atoms. The van der Waals surface area contributed by atoms with Crippen molar-refractivity contribution in [3.05, 3.63) is 0 Å². The van der Waals surface area contributed by atoms with Crippen LogP contribution in [0, 0.1) is 17.8 Å². The van der Waals surface area contributed by atoms with E-state index in [0.717, 1.165) is 6.42 Å². The average molecular weight is 329 g/mol. The van der Waals surface area contributed by atoms with Crippen LogP contribution in [0.2, 0.25) is 0 Å². The molecular weight excluding hydrogens is 296 g/mol. The Bertz CT molecular complexity index is 362. The van der Waals surface area contributed by atoms with Gasteiger partial charge in [-0.05, 0) is 56.3 Å². The molecule has 22 heavy (non-hydrogen) atoms. The average Bonchev–Trinajstić information content (AvgIpc) is 2.78. The number of fused-ring (bicyclic) bond motifs is 2. The molecule has 4 atom stereocenters. The molecule has 3 rings (SSSR count). The highest BCUT2D eigenvalue weighted by Gasteiger charge is 2.35. The largest absolute Gasteiger partial charge is 0.353 e. The zero-order valence-corrected chi connectivity index (χ0v) is 15.0. The Morgan fingerprint density at radius 1 is 1.09 bits per heavy atom. The van der Waals surface area contributed by atoms with Crippen molar-refractivity contribution in [1.82, 2.24) is 10.6 Å². The predicted molar refractivity (Wildman–Crippen MR) is 93.3 cm³/mol. The van der Waals surface area contributed by atoms with Crippen LogP contribution in [0.5, 0.6) is 0 Å². The van der Waals surface area contributed by atoms with E-state index in [0.29, 0.717) is 41.8 Å². The lowest BCUT2D eigenvalue weighted by molar-refractivity contribution is -0.123. The molecule has 4 unspecified atom stereocenters. The van der Waals surface area contributed by atoms with Crippen molar-refractivity contribution in [2.24, 2.45) is 17.8 Å². The predicted octanol–water partition coefficient (Wildman–Crippen LogP) is 3.66. The van der Waals surface area contributed by atoms with Crippen LogP contribution in [0.1, 0.15) is 71.6 Å². The van der Waals surface area contributed by atoms with Crippen LogP contribution in [0.3, 0.4) is 0 Å². The monoisotopic (exact) mass is 328 g/mol. The number of carbonyl (C=O) groups is 1. The van der Waals surface area contributed by atoms with Crippen LogP contribution < -0.4 is 10.6 Å². The van der Waals surface area contributed by atoms with Gasteiger partial charge in [-0.15, -0.1) is 12.4 Å². The van der Waals surface area contributed by atoms with E-state index in [-0.39, 0.29) is 12.4 Å². The van der Waals surface area contributed by atoms with Gasteiger partial charge in [-0.3, -0.25) is 4.79 Å². The van der Waals surface area contributed by atoms with Gasteiger partial charge in [0.05, 0.1) is 0 Å². The molecule has 3 fully saturated rings. The highest BCUT2D eigenvalue weighted by atomic mass is 35.5. The highest BCUT2D eigenvalue weighted by Crippen LogP contribution is 2.33. The second-order valence-corrected chi connectivity index (χ2v) is 8.05. The second kappa shape index (κ2) is 8.01. The summed E-state index contributed by atoms with van der Waals surface area (Å²) >= 11 is 0. The fourth-order valence-electron chi connectivity index (χ4n) is 5.01. The molecule has 2 saturated heterocycles. The van der Waals surface area contributed by atoms with Gasteiger partial charge in [-0.25, -0.2) is 0 Å². The lowest BCUT2D eigenvalue weighted by Gasteiger charge is -2.35. The van der Waals surface area contributed by atoms with Gasteiger partial charge in [-0.2, -0.15) is 0 Å². The summed E-state index contributed by atoms with van der Waals surface area (Å²) in [6, 6.07) is 1.82. The minimum Gasteiger partial charge on any atom is -0.353 e. The van der Waals surface area contributed by atoms with Crippen LogP contribution in [0.15, 0.2) is 0 Å². The number of halogens is 1. The molecule has 1 saturated carbocycles. The van der Waals surface area contributed by atoms with E-state index < -0.39 is 0 Å². The van der Waals surface area contributed by atoms with E-state index in [4.69, 9.17) is 0 Å². The van der Waals surface area contributed by atoms with Gasteiger partial charge < -0.3 is 10.6 Å². The minimum absolute atomic E-state index is 0. The third kappa shape index (κ3) is 4.38. The number of piperidine rings is 1. The van der Waals surface area contributed by atoms with Crippen molar-refractivity contribution < 1.29 is 4.79 Å². The minimum atomic E-state index is 0. The summed E-state index contributed by atoms with van der Waals surface area (Å²) in [6.45, 7) is 4.61. The lowest BCUT2D eigenvalue weighted by Crippen LogP contribution is -2.45. The molecule has 0 aromatic heterocycles. The summed E-state index contributed by atoms with van der Waals surface area (Å²) in [5.41, 5.74) is 0. The topological polar surface area (TPSA) is 41.1 Å². The summed E-state index contributed by atoms with van der Waals surface area (Å²) in [5.74, 6) is 2.31. The molecule has 3 aliphatic rings. The zero-order valence-electron chi connectivity index (χ0n) is 14.1. The lowest BCUT2D eigenvalue weighted by atomic mass is 9.77. The van der Waals surface area contributed by atoms with E-state index >= 15 is 0 Å². The number of hydrogen-bond acceptors (Lipinski definition) is 2. The SMILES string of the molecule is CC(C)C1CCCCC1NC(=O)CC1CC2CCC(C1)N2.Cl. The Labute approximate surface area is 141 Å². The standard InChI is InChI=1S/C18H32N2O.ClH/c1-12(2)16-5-3-4-6-17(16)20-18(21)11-13-9-14-7-8-15(10-13)19-14;/h12-17,19H,3-11H2,1-2H3,(H,20,21);1H. The Morgan fingerprint density at radius 2 is 1.73 bits per heavy atom. The molecule has 0 aromatic carbocycles. The molecule has 128 valence electrons. The molecular formula is C18H33ClN2O. The van der Waals surface area contributed by atoms with Crippen LogP contribution in [-0.2, 0) is 4.79 Å². The molecule has 1 aliphatic carbocycles. The summed E-state index contributed by atoms with van der Waals surface area (Å²) < 4.78 is 0. The highest BCUT2D eigenvalue weighted by molar-refractivity contribution is 5.85.